The second kappa shape index (κ2) is 5.83. The van der Waals surface area contributed by atoms with Gasteiger partial charge in [-0.15, -0.1) is 11.3 Å². The minimum atomic E-state index is -0.397. The summed E-state index contributed by atoms with van der Waals surface area (Å²) in [6, 6.07) is 7.47. The molecule has 1 unspecified atom stereocenters. The lowest BCUT2D eigenvalue weighted by atomic mass is 10.1. The fourth-order valence-electron chi connectivity index (χ4n) is 2.35. The van der Waals surface area contributed by atoms with Crippen LogP contribution in [0.15, 0.2) is 29.6 Å². The van der Waals surface area contributed by atoms with E-state index in [1.807, 2.05) is 36.6 Å². The van der Waals surface area contributed by atoms with Crippen molar-refractivity contribution in [3.05, 3.63) is 34.7 Å². The number of nitrogens with zero attached hydrogens (tertiary/aromatic N) is 2. The van der Waals surface area contributed by atoms with Crippen molar-refractivity contribution in [2.24, 2.45) is 0 Å². The molecular weight excluding hydrogens is 286 g/mol. The molecule has 110 valence electrons. The van der Waals surface area contributed by atoms with Crippen molar-refractivity contribution in [1.29, 1.82) is 0 Å². The molecule has 0 radical (unpaired) electrons. The van der Waals surface area contributed by atoms with Gasteiger partial charge in [-0.1, -0.05) is 12.1 Å². The first-order chi connectivity index (χ1) is 10.1. The number of nitrogens with one attached hydrogen (secondary N) is 1. The van der Waals surface area contributed by atoms with Crippen molar-refractivity contribution in [2.45, 2.75) is 19.4 Å². The highest BCUT2D eigenvalue weighted by Crippen LogP contribution is 2.23. The number of amides is 2. The van der Waals surface area contributed by atoms with Gasteiger partial charge in [-0.25, -0.2) is 9.78 Å². The number of thiazole rings is 1. The average Bonchev–Trinajstić information content (AvgIpc) is 3.08. The molecule has 1 saturated heterocycles. The number of carbonyl (C=O) groups excluding carboxylic acids is 1. The number of anilines is 1. The van der Waals surface area contributed by atoms with Crippen molar-refractivity contribution >= 4 is 23.1 Å². The second-order valence-electron chi connectivity index (χ2n) is 5.15. The number of aryl methyl sites for hydroxylation is 1. The van der Waals surface area contributed by atoms with Crippen LogP contribution in [0.4, 0.5) is 10.5 Å². The van der Waals surface area contributed by atoms with Crippen molar-refractivity contribution in [3.63, 3.8) is 0 Å². The van der Waals surface area contributed by atoms with Gasteiger partial charge >= 0.3 is 6.03 Å². The van der Waals surface area contributed by atoms with Crippen LogP contribution < -0.4 is 5.32 Å². The monoisotopic (exact) mass is 303 g/mol. The molecule has 5 nitrogen and oxygen atoms in total. The average molecular weight is 303 g/mol. The molecule has 1 aliphatic heterocycles. The van der Waals surface area contributed by atoms with E-state index in [2.05, 4.69) is 10.3 Å². The Bertz CT molecular complexity index is 639. The third-order valence-electron chi connectivity index (χ3n) is 3.50. The first-order valence-electron chi connectivity index (χ1n) is 6.88. The predicted molar refractivity (Wildman–Crippen MR) is 83.5 cm³/mol. The quantitative estimate of drug-likeness (QED) is 0.896. The minimum absolute atomic E-state index is 0.163. The number of β-amino-alcohol motifs (C(OH)–C–C–N with tert-alkyl or cyclic N) is 1. The van der Waals surface area contributed by atoms with Crippen LogP contribution >= 0.6 is 11.3 Å². The number of benzene rings is 1. The summed E-state index contributed by atoms with van der Waals surface area (Å²) in [7, 11) is 0. The third-order valence-corrected chi connectivity index (χ3v) is 4.28. The number of likely N-dealkylation sites (tertiary alicyclic amines) is 1. The summed E-state index contributed by atoms with van der Waals surface area (Å²) >= 11 is 1.62. The lowest BCUT2D eigenvalue weighted by Gasteiger charge is -2.16. The second-order valence-corrected chi connectivity index (χ2v) is 6.21. The fraction of sp³-hybridized carbons (Fsp3) is 0.333. The van der Waals surface area contributed by atoms with E-state index in [0.717, 1.165) is 22.0 Å². The van der Waals surface area contributed by atoms with E-state index in [-0.39, 0.29) is 6.03 Å². The van der Waals surface area contributed by atoms with Crippen molar-refractivity contribution in [1.82, 2.24) is 9.88 Å². The maximum atomic E-state index is 12.0. The highest BCUT2D eigenvalue weighted by molar-refractivity contribution is 7.09. The molecule has 1 aromatic carbocycles. The van der Waals surface area contributed by atoms with E-state index in [1.165, 1.54) is 0 Å². The molecule has 0 aliphatic carbocycles. The van der Waals surface area contributed by atoms with E-state index in [9.17, 15) is 9.90 Å². The van der Waals surface area contributed by atoms with Gasteiger partial charge in [0.15, 0.2) is 0 Å². The molecule has 2 N–H and O–H groups in total. The Labute approximate surface area is 127 Å². The number of hydrogen-bond donors (Lipinski definition) is 2. The summed E-state index contributed by atoms with van der Waals surface area (Å²) in [5.41, 5.74) is 2.74. The van der Waals surface area contributed by atoms with Crippen LogP contribution in [0, 0.1) is 6.92 Å². The fourth-order valence-corrected chi connectivity index (χ4v) is 2.97. The smallest absolute Gasteiger partial charge is 0.321 e. The Kier molecular flexibility index (Phi) is 3.90. The maximum absolute atomic E-state index is 12.0. The van der Waals surface area contributed by atoms with Crippen LogP contribution in [-0.4, -0.2) is 40.2 Å². The number of urea groups is 1. The Morgan fingerprint density at radius 3 is 2.76 bits per heavy atom. The highest BCUT2D eigenvalue weighted by atomic mass is 32.1. The Morgan fingerprint density at radius 1 is 1.43 bits per heavy atom. The van der Waals surface area contributed by atoms with Crippen molar-refractivity contribution in [3.8, 4) is 11.3 Å². The lowest BCUT2D eigenvalue weighted by Crippen LogP contribution is -2.33. The number of carbonyl (C=O) groups is 1. The first-order valence-corrected chi connectivity index (χ1v) is 7.76. The minimum Gasteiger partial charge on any atom is -0.391 e. The van der Waals surface area contributed by atoms with Crippen LogP contribution in [0.25, 0.3) is 11.3 Å². The number of aromatic nitrogens is 1. The van der Waals surface area contributed by atoms with Gasteiger partial charge in [-0.2, -0.15) is 0 Å². The molecule has 0 saturated carbocycles. The van der Waals surface area contributed by atoms with Gasteiger partial charge in [0.2, 0.25) is 0 Å². The molecule has 0 bridgehead atoms. The molecule has 0 spiro atoms. The van der Waals surface area contributed by atoms with Crippen LogP contribution in [0.1, 0.15) is 11.4 Å². The van der Waals surface area contributed by atoms with E-state index in [0.29, 0.717) is 19.5 Å². The summed E-state index contributed by atoms with van der Waals surface area (Å²) in [5, 5.41) is 15.4. The number of aliphatic hydroxyl groups excluding tert-OH is 1. The number of rotatable bonds is 2. The molecule has 1 fully saturated rings. The zero-order valence-corrected chi connectivity index (χ0v) is 12.6. The van der Waals surface area contributed by atoms with Gasteiger partial charge in [-0.3, -0.25) is 0 Å². The summed E-state index contributed by atoms with van der Waals surface area (Å²) in [6.07, 6.45) is 0.251. The van der Waals surface area contributed by atoms with Crippen LogP contribution in [0.5, 0.6) is 0 Å². The van der Waals surface area contributed by atoms with Crippen LogP contribution in [0.2, 0.25) is 0 Å². The summed E-state index contributed by atoms with van der Waals surface area (Å²) in [6.45, 7) is 2.98. The van der Waals surface area contributed by atoms with Gasteiger partial charge in [0.25, 0.3) is 0 Å². The largest absolute Gasteiger partial charge is 0.391 e. The van der Waals surface area contributed by atoms with Gasteiger partial charge in [0, 0.05) is 29.7 Å². The van der Waals surface area contributed by atoms with Crippen LogP contribution in [-0.2, 0) is 0 Å². The molecule has 21 heavy (non-hydrogen) atoms. The van der Waals surface area contributed by atoms with Gasteiger partial charge in [-0.05, 0) is 25.5 Å². The molecule has 2 amide bonds. The molecular formula is C15H17N3O2S. The van der Waals surface area contributed by atoms with Gasteiger partial charge in [0.05, 0.1) is 16.8 Å². The Morgan fingerprint density at radius 2 is 2.19 bits per heavy atom. The van der Waals surface area contributed by atoms with Crippen molar-refractivity contribution < 1.29 is 9.90 Å². The molecule has 2 aromatic rings. The summed E-state index contributed by atoms with van der Waals surface area (Å²) < 4.78 is 0. The highest BCUT2D eigenvalue weighted by Gasteiger charge is 2.24. The molecule has 2 heterocycles. The molecule has 3 rings (SSSR count). The predicted octanol–water partition coefficient (Wildman–Crippen LogP) is 2.72. The number of hydrogen-bond acceptors (Lipinski definition) is 4. The molecule has 6 heteroatoms. The Balaban J connectivity index is 1.66. The molecule has 1 aliphatic rings. The molecule has 1 atom stereocenters. The number of aliphatic hydroxyl groups is 1. The first kappa shape index (κ1) is 14.0. The summed E-state index contributed by atoms with van der Waals surface area (Å²) in [5.74, 6) is 0. The zero-order chi connectivity index (χ0) is 14.8. The lowest BCUT2D eigenvalue weighted by molar-refractivity contribution is 0.176. The zero-order valence-electron chi connectivity index (χ0n) is 11.7. The summed E-state index contributed by atoms with van der Waals surface area (Å²) in [4.78, 5) is 18.1. The van der Waals surface area contributed by atoms with Crippen molar-refractivity contribution in [2.75, 3.05) is 18.4 Å². The van der Waals surface area contributed by atoms with E-state index < -0.39 is 6.10 Å². The van der Waals surface area contributed by atoms with Gasteiger partial charge in [0.1, 0.15) is 0 Å². The Hall–Kier alpha value is -1.92. The maximum Gasteiger partial charge on any atom is 0.321 e. The SMILES string of the molecule is Cc1nc(-c2ccc(NC(=O)N3CCC(O)C3)cc2)cs1. The standard InChI is InChI=1S/C15H17N3O2S/c1-10-16-14(9-21-10)11-2-4-12(5-3-11)17-15(20)18-7-6-13(19)8-18/h2-5,9,13,19H,6-8H2,1H3,(H,17,20). The van der Waals surface area contributed by atoms with E-state index in [4.69, 9.17) is 0 Å². The third kappa shape index (κ3) is 3.22. The normalized spacial score (nSPS) is 18.0. The molecule has 1 aromatic heterocycles. The van der Waals surface area contributed by atoms with E-state index in [1.54, 1.807) is 16.2 Å². The topological polar surface area (TPSA) is 65.5 Å². The van der Waals surface area contributed by atoms with Gasteiger partial charge < -0.3 is 15.3 Å². The van der Waals surface area contributed by atoms with Crippen LogP contribution in [0.3, 0.4) is 0 Å². The van der Waals surface area contributed by atoms with E-state index >= 15 is 0 Å².